The van der Waals surface area contributed by atoms with Gasteiger partial charge in [0.2, 0.25) is 0 Å². The van der Waals surface area contributed by atoms with Crippen molar-refractivity contribution in [3.8, 4) is 0 Å². The van der Waals surface area contributed by atoms with E-state index in [1.165, 1.54) is 6.42 Å². The molecule has 1 aliphatic rings. The first-order chi connectivity index (χ1) is 7.34. The second-order valence-electron chi connectivity index (χ2n) is 5.62. The van der Waals surface area contributed by atoms with Crippen LogP contribution in [-0.4, -0.2) is 34.6 Å². The Morgan fingerprint density at radius 1 is 1.31 bits per heavy atom. The molecule has 1 saturated heterocycles. The van der Waals surface area contributed by atoms with Gasteiger partial charge in [0.15, 0.2) is 0 Å². The van der Waals surface area contributed by atoms with E-state index in [9.17, 15) is 4.79 Å². The molecule has 94 valence electrons. The van der Waals surface area contributed by atoms with Gasteiger partial charge in [0.25, 0.3) is 0 Å². The summed E-state index contributed by atoms with van der Waals surface area (Å²) < 4.78 is 0. The molecule has 0 aliphatic carbocycles. The van der Waals surface area contributed by atoms with Crippen molar-refractivity contribution in [1.29, 1.82) is 0 Å². The maximum absolute atomic E-state index is 11.0. The molecule has 0 radical (unpaired) electrons. The van der Waals surface area contributed by atoms with Crippen molar-refractivity contribution in [2.24, 2.45) is 17.8 Å². The monoisotopic (exact) mass is 227 g/mol. The van der Waals surface area contributed by atoms with Gasteiger partial charge in [-0.05, 0) is 32.1 Å². The van der Waals surface area contributed by atoms with Gasteiger partial charge in [-0.15, -0.1) is 0 Å². The fraction of sp³-hybridized carbons (Fsp3) is 0.923. The van der Waals surface area contributed by atoms with Crippen molar-refractivity contribution >= 4 is 5.97 Å². The van der Waals surface area contributed by atoms with Gasteiger partial charge in [0.05, 0.1) is 5.92 Å². The number of hydrogen-bond acceptors (Lipinski definition) is 2. The van der Waals surface area contributed by atoms with Crippen molar-refractivity contribution in [1.82, 2.24) is 4.90 Å². The van der Waals surface area contributed by atoms with E-state index in [0.29, 0.717) is 17.9 Å². The van der Waals surface area contributed by atoms with E-state index in [2.05, 4.69) is 25.7 Å². The van der Waals surface area contributed by atoms with Crippen LogP contribution in [0.25, 0.3) is 0 Å². The van der Waals surface area contributed by atoms with Gasteiger partial charge < -0.3 is 5.11 Å². The lowest BCUT2D eigenvalue weighted by molar-refractivity contribution is -0.144. The first kappa shape index (κ1) is 13.5. The molecule has 0 aromatic carbocycles. The number of carboxylic acids is 1. The first-order valence-electron chi connectivity index (χ1n) is 6.33. The molecule has 1 fully saturated rings. The van der Waals surface area contributed by atoms with Crippen LogP contribution in [0.5, 0.6) is 0 Å². The first-order valence-corrected chi connectivity index (χ1v) is 6.33. The van der Waals surface area contributed by atoms with Gasteiger partial charge in [0.1, 0.15) is 0 Å². The average Bonchev–Trinajstić information content (AvgIpc) is 2.21. The molecule has 0 saturated carbocycles. The highest BCUT2D eigenvalue weighted by molar-refractivity contribution is 5.70. The Labute approximate surface area is 98.8 Å². The second-order valence-corrected chi connectivity index (χ2v) is 5.62. The molecule has 0 bridgehead atoms. The highest BCUT2D eigenvalue weighted by Crippen LogP contribution is 2.30. The Balaban J connectivity index is 2.73. The maximum Gasteiger partial charge on any atom is 0.307 e. The van der Waals surface area contributed by atoms with E-state index in [1.54, 1.807) is 0 Å². The van der Waals surface area contributed by atoms with Crippen LogP contribution in [-0.2, 0) is 4.79 Å². The molecular weight excluding hydrogens is 202 g/mol. The topological polar surface area (TPSA) is 40.5 Å². The van der Waals surface area contributed by atoms with Gasteiger partial charge in [-0.3, -0.25) is 9.69 Å². The zero-order valence-electron chi connectivity index (χ0n) is 11.1. The van der Waals surface area contributed by atoms with Gasteiger partial charge in [0, 0.05) is 18.6 Å². The third-order valence-corrected chi connectivity index (χ3v) is 4.28. The van der Waals surface area contributed by atoms with E-state index in [-0.39, 0.29) is 12.0 Å². The van der Waals surface area contributed by atoms with Crippen molar-refractivity contribution in [2.45, 2.75) is 53.1 Å². The summed E-state index contributed by atoms with van der Waals surface area (Å²) >= 11 is 0. The number of nitrogens with zero attached hydrogens (tertiary/aromatic N) is 1. The zero-order chi connectivity index (χ0) is 12.5. The molecular formula is C13H25NO2. The van der Waals surface area contributed by atoms with Crippen LogP contribution in [0, 0.1) is 17.8 Å². The number of carboxylic acid groups (broad SMARTS) is 1. The van der Waals surface area contributed by atoms with Crippen molar-refractivity contribution in [3.63, 3.8) is 0 Å². The molecule has 5 unspecified atom stereocenters. The average molecular weight is 227 g/mol. The lowest BCUT2D eigenvalue weighted by Gasteiger charge is -2.45. The summed E-state index contributed by atoms with van der Waals surface area (Å²) in [5.74, 6) is 0.354. The molecule has 5 atom stereocenters. The fourth-order valence-electron chi connectivity index (χ4n) is 2.79. The number of rotatable bonds is 3. The molecule has 1 aliphatic heterocycles. The van der Waals surface area contributed by atoms with E-state index in [4.69, 9.17) is 5.11 Å². The largest absolute Gasteiger partial charge is 0.481 e. The van der Waals surface area contributed by atoms with Crippen LogP contribution in [0.4, 0.5) is 0 Å². The molecule has 0 aromatic heterocycles. The third-order valence-electron chi connectivity index (χ3n) is 4.28. The van der Waals surface area contributed by atoms with Crippen molar-refractivity contribution in [3.05, 3.63) is 0 Å². The fourth-order valence-corrected chi connectivity index (χ4v) is 2.79. The second kappa shape index (κ2) is 5.17. The highest BCUT2D eigenvalue weighted by Gasteiger charge is 2.35. The predicted octanol–water partition coefficient (Wildman–Crippen LogP) is 2.46. The molecule has 1 rings (SSSR count). The Kier molecular flexibility index (Phi) is 4.36. The smallest absolute Gasteiger partial charge is 0.307 e. The number of carbonyl (C=O) groups is 1. The summed E-state index contributed by atoms with van der Waals surface area (Å²) in [5.41, 5.74) is 0. The van der Waals surface area contributed by atoms with Crippen LogP contribution >= 0.6 is 0 Å². The molecule has 0 spiro atoms. The van der Waals surface area contributed by atoms with Gasteiger partial charge in [-0.25, -0.2) is 0 Å². The van der Waals surface area contributed by atoms with E-state index in [1.807, 2.05) is 13.8 Å². The number of piperidine rings is 1. The Bertz CT molecular complexity index is 254. The summed E-state index contributed by atoms with van der Waals surface area (Å²) in [6.45, 7) is 11.6. The summed E-state index contributed by atoms with van der Waals surface area (Å²) in [7, 11) is 0. The molecule has 0 amide bonds. The minimum absolute atomic E-state index is 0.123. The lowest BCUT2D eigenvalue weighted by atomic mass is 9.84. The SMILES string of the molecule is CC1CC(C)C(C)N(C(C)C(C)C(=O)O)C1. The van der Waals surface area contributed by atoms with Crippen molar-refractivity contribution < 1.29 is 9.90 Å². The minimum atomic E-state index is -0.689. The van der Waals surface area contributed by atoms with Gasteiger partial charge in [-0.2, -0.15) is 0 Å². The summed E-state index contributed by atoms with van der Waals surface area (Å²) in [4.78, 5) is 13.4. The lowest BCUT2D eigenvalue weighted by Crippen LogP contribution is -2.52. The molecule has 3 nitrogen and oxygen atoms in total. The Hall–Kier alpha value is -0.570. The summed E-state index contributed by atoms with van der Waals surface area (Å²) in [5, 5.41) is 9.07. The molecule has 16 heavy (non-hydrogen) atoms. The zero-order valence-corrected chi connectivity index (χ0v) is 11.1. The minimum Gasteiger partial charge on any atom is -0.481 e. The van der Waals surface area contributed by atoms with Crippen LogP contribution in [0.3, 0.4) is 0 Å². The molecule has 1 heterocycles. The van der Waals surface area contributed by atoms with Crippen LogP contribution in [0.1, 0.15) is 41.0 Å². The number of likely N-dealkylation sites (tertiary alicyclic amines) is 1. The Morgan fingerprint density at radius 2 is 1.88 bits per heavy atom. The number of aliphatic carboxylic acids is 1. The van der Waals surface area contributed by atoms with Crippen LogP contribution < -0.4 is 0 Å². The summed E-state index contributed by atoms with van der Waals surface area (Å²) in [6, 6.07) is 0.616. The third kappa shape index (κ3) is 2.76. The van der Waals surface area contributed by atoms with E-state index < -0.39 is 5.97 Å². The molecule has 1 N–H and O–H groups in total. The number of hydrogen-bond donors (Lipinski definition) is 1. The maximum atomic E-state index is 11.0. The Morgan fingerprint density at radius 3 is 2.38 bits per heavy atom. The van der Waals surface area contributed by atoms with Crippen LogP contribution in [0.15, 0.2) is 0 Å². The highest BCUT2D eigenvalue weighted by atomic mass is 16.4. The summed E-state index contributed by atoms with van der Waals surface area (Å²) in [6.07, 6.45) is 1.26. The predicted molar refractivity (Wildman–Crippen MR) is 65.4 cm³/mol. The van der Waals surface area contributed by atoms with Crippen molar-refractivity contribution in [2.75, 3.05) is 6.54 Å². The van der Waals surface area contributed by atoms with E-state index in [0.717, 1.165) is 6.54 Å². The van der Waals surface area contributed by atoms with Crippen LogP contribution in [0.2, 0.25) is 0 Å². The van der Waals surface area contributed by atoms with E-state index >= 15 is 0 Å². The standard InChI is InChI=1S/C13H25NO2/c1-8-6-9(2)11(4)14(7-8)12(5)10(3)13(15)16/h8-12H,6-7H2,1-5H3,(H,15,16). The quantitative estimate of drug-likeness (QED) is 0.805. The van der Waals surface area contributed by atoms with Gasteiger partial charge in [-0.1, -0.05) is 20.8 Å². The normalized spacial score (nSPS) is 35.7. The molecule has 3 heteroatoms. The molecule has 0 aromatic rings. The van der Waals surface area contributed by atoms with Gasteiger partial charge >= 0.3 is 5.97 Å².